The van der Waals surface area contributed by atoms with E-state index in [2.05, 4.69) is 64.0 Å². The zero-order valence-electron chi connectivity index (χ0n) is 75.6. The van der Waals surface area contributed by atoms with Gasteiger partial charge < -0.3 is 87.5 Å². The molecule has 4 aromatic rings. The minimum Gasteiger partial charge on any atom is -0.493 e. The third-order valence-corrected chi connectivity index (χ3v) is 24.6. The second kappa shape index (κ2) is 52.8. The van der Waals surface area contributed by atoms with Crippen LogP contribution in [0.3, 0.4) is 0 Å². The van der Waals surface area contributed by atoms with Crippen LogP contribution in [0.2, 0.25) is 0 Å². The Labute approximate surface area is 749 Å². The van der Waals surface area contributed by atoms with Gasteiger partial charge in [0, 0.05) is 87.4 Å². The summed E-state index contributed by atoms with van der Waals surface area (Å²) in [4.78, 5) is 117. The SMILES string of the molecule is COc1cc2c(cc1OCCCCCOc1cc3c(cc1OC)C(=O)N1C=C(c4ccc(NC(=O)[C@H](C)CCCC(=O)[C@@H](NC(=O)CCOCCOCCOCCOCCOCCOCCOCCOCCNC(=O)CCC5C(=O)CC(C6CCCCCCCC6)C5=O)C(C)C)cc4)C[C@H]1C=N3)C=C=C[C@@H]1CC(c3ccc(/C=C4/CCCN(C)CC4)cc3)=CN1C2=O. The third kappa shape index (κ3) is 30.8. The summed E-state index contributed by atoms with van der Waals surface area (Å²) in [6.07, 6.45) is 30.0. The van der Waals surface area contributed by atoms with Gasteiger partial charge in [-0.05, 0) is 178 Å². The summed E-state index contributed by atoms with van der Waals surface area (Å²) in [5.74, 6) is -0.0516. The Morgan fingerprint density at radius 2 is 1.10 bits per heavy atom. The van der Waals surface area contributed by atoms with Crippen molar-refractivity contribution in [1.29, 1.82) is 0 Å². The Balaban J connectivity index is 0.476. The highest BCUT2D eigenvalue weighted by molar-refractivity contribution is 6.10. The van der Waals surface area contributed by atoms with Crippen LogP contribution >= 0.6 is 0 Å². The molecule has 5 amide bonds. The lowest BCUT2D eigenvalue weighted by atomic mass is 9.82. The molecule has 1 saturated heterocycles. The fourth-order valence-corrected chi connectivity index (χ4v) is 17.2. The topological polar surface area (TPSA) is 305 Å². The molecule has 0 spiro atoms. The van der Waals surface area contributed by atoms with E-state index >= 15 is 0 Å². The first-order chi connectivity index (χ1) is 61.9. The first kappa shape index (κ1) is 98.1. The molecule has 7 aliphatic rings. The Morgan fingerprint density at radius 3 is 1.71 bits per heavy atom. The highest BCUT2D eigenvalue weighted by Crippen LogP contribution is 2.43. The van der Waals surface area contributed by atoms with E-state index in [0.717, 1.165) is 93.2 Å². The van der Waals surface area contributed by atoms with Crippen LogP contribution in [-0.2, 0) is 66.7 Å². The molecule has 3 N–H and O–H groups in total. The van der Waals surface area contributed by atoms with E-state index in [4.69, 9.17) is 61.8 Å². The van der Waals surface area contributed by atoms with E-state index in [-0.39, 0.29) is 109 Å². The summed E-state index contributed by atoms with van der Waals surface area (Å²) < 4.78 is 68.7. The third-order valence-electron chi connectivity index (χ3n) is 24.6. The summed E-state index contributed by atoms with van der Waals surface area (Å²) >= 11 is 0. The minimum absolute atomic E-state index is 0.00881. The second-order valence-electron chi connectivity index (χ2n) is 34.3. The van der Waals surface area contributed by atoms with Crippen LogP contribution in [0.5, 0.6) is 23.0 Å². The van der Waals surface area contributed by atoms with Gasteiger partial charge >= 0.3 is 0 Å². The van der Waals surface area contributed by atoms with Gasteiger partial charge in [0.15, 0.2) is 28.8 Å². The van der Waals surface area contributed by atoms with Gasteiger partial charge in [0.25, 0.3) is 11.8 Å². The molecule has 27 nitrogen and oxygen atoms in total. The summed E-state index contributed by atoms with van der Waals surface area (Å²) in [6.45, 7) is 15.0. The lowest BCUT2D eigenvalue weighted by molar-refractivity contribution is -0.129. The average Bonchev–Trinajstić information content (AvgIpc) is 1.68. The van der Waals surface area contributed by atoms with Gasteiger partial charge in [-0.2, -0.15) is 0 Å². The van der Waals surface area contributed by atoms with Crippen LogP contribution in [0.4, 0.5) is 11.4 Å². The van der Waals surface area contributed by atoms with E-state index in [9.17, 15) is 38.4 Å². The Kier molecular flexibility index (Phi) is 40.8. The summed E-state index contributed by atoms with van der Waals surface area (Å²) in [7, 11) is 5.32. The van der Waals surface area contributed by atoms with Crippen molar-refractivity contribution in [2.75, 3.05) is 165 Å². The van der Waals surface area contributed by atoms with E-state index in [1.165, 1.54) is 43.2 Å². The average molecular weight is 1760 g/mol. The number of amides is 5. The van der Waals surface area contributed by atoms with E-state index in [1.807, 2.05) is 80.6 Å². The number of nitrogens with zero attached hydrogens (tertiary/aromatic N) is 4. The molecule has 127 heavy (non-hydrogen) atoms. The predicted molar refractivity (Wildman–Crippen MR) is 488 cm³/mol. The van der Waals surface area contributed by atoms with Gasteiger partial charge in [0.05, 0.1) is 174 Å². The van der Waals surface area contributed by atoms with Gasteiger partial charge in [0.1, 0.15) is 11.6 Å². The van der Waals surface area contributed by atoms with Crippen molar-refractivity contribution in [2.45, 2.75) is 187 Å². The van der Waals surface area contributed by atoms with Crippen molar-refractivity contribution in [2.24, 2.45) is 34.6 Å². The molecular formula is C100H135N7O20. The molecule has 0 aromatic heterocycles. The normalized spacial score (nSPS) is 19.3. The molecule has 3 fully saturated rings. The molecule has 2 aliphatic carbocycles. The smallest absolute Gasteiger partial charge is 0.260 e. The first-order valence-corrected chi connectivity index (χ1v) is 46.3. The number of carbonyl (C=O) groups is 8. The number of methoxy groups -OCH3 is 2. The number of unbranched alkanes of at least 4 members (excludes halogenated alkanes) is 2. The summed E-state index contributed by atoms with van der Waals surface area (Å²) in [5, 5.41) is 8.73. The van der Waals surface area contributed by atoms with Gasteiger partial charge in [-0.15, -0.1) is 5.73 Å². The standard InChI is InChI=1S/C100H135N7O20/c1-70(2)96(104-95(111)37-43-118-45-47-120-49-51-122-53-55-124-57-58-125-56-54-123-52-50-121-48-46-119-44-38-101-94(110)35-34-83-89(109)63-84(97(83)112)76-21-12-9-7-8-10-13-22-76)88(108)25-16-19-71(3)98(113)103-80-32-30-75(31-33-80)79-61-82-67-102-87-66-93(91(117-6)65-86(87)100(115)107(82)69-79)127-42-15-11-14-41-126-92-62-77-23-17-24-81-60-78(68-106(81)99(114)85(77)64-90(92)116-5)74-28-26-73(27-29-74)59-72-20-18-39-105(4)40-36-72/h23-24,26-33,59,62,64-71,76,81-84,96H,7-16,18-22,25,34-58,60-61,63H2,1-6H3,(H,101,110)(H,103,113)(H,104,111)/b72-59-/t17?,71-,81-,82+,83?,84?,96+/m1/s1. The number of ether oxygens (including phenoxy) is 12. The van der Waals surface area contributed by atoms with Crippen LogP contribution in [0, 0.1) is 29.6 Å². The molecule has 4 aromatic carbocycles. The Hall–Kier alpha value is -9.51. The monoisotopic (exact) mass is 1750 g/mol. The number of carbonyl (C=O) groups excluding carboxylic acids is 8. The number of Topliss-reactive ketones (excluding diaryl/α,β-unsaturated/α-hetero) is 3. The number of anilines is 1. The fraction of sp³-hybridized carbons (Fsp3) is 0.580. The fourth-order valence-electron chi connectivity index (χ4n) is 17.2. The largest absolute Gasteiger partial charge is 0.493 e. The maximum atomic E-state index is 14.3. The minimum atomic E-state index is -0.666. The van der Waals surface area contributed by atoms with Crippen LogP contribution in [0.1, 0.15) is 211 Å². The number of ketones is 3. The molecular weight excluding hydrogens is 1620 g/mol. The van der Waals surface area contributed by atoms with Crippen LogP contribution in [0.15, 0.2) is 108 Å². The number of hydrogen-bond acceptors (Lipinski definition) is 22. The molecule has 27 heteroatoms. The quantitative estimate of drug-likeness (QED) is 0.0210. The first-order valence-electron chi connectivity index (χ1n) is 46.3. The van der Waals surface area contributed by atoms with Crippen molar-refractivity contribution in [1.82, 2.24) is 25.3 Å². The predicted octanol–water partition coefficient (Wildman–Crippen LogP) is 14.6. The molecule has 0 bridgehead atoms. The van der Waals surface area contributed by atoms with E-state index in [0.29, 0.717) is 208 Å². The maximum Gasteiger partial charge on any atom is 0.260 e. The highest BCUT2D eigenvalue weighted by atomic mass is 16.6. The number of fused-ring (bicyclic) bond motifs is 4. The molecule has 690 valence electrons. The summed E-state index contributed by atoms with van der Waals surface area (Å²) in [5.41, 5.74) is 12.8. The van der Waals surface area contributed by atoms with Crippen molar-refractivity contribution >= 4 is 87.8 Å². The number of rotatable bonds is 53. The highest BCUT2D eigenvalue weighted by Gasteiger charge is 2.44. The second-order valence-corrected chi connectivity index (χ2v) is 34.3. The maximum absolute atomic E-state index is 14.3. The van der Waals surface area contributed by atoms with Crippen molar-refractivity contribution in [3.05, 3.63) is 136 Å². The van der Waals surface area contributed by atoms with Gasteiger partial charge in [-0.25, -0.2) is 0 Å². The lowest BCUT2D eigenvalue weighted by Crippen LogP contribution is -2.44. The van der Waals surface area contributed by atoms with Crippen LogP contribution in [0.25, 0.3) is 23.3 Å². The molecule has 2 saturated carbocycles. The van der Waals surface area contributed by atoms with Crippen molar-refractivity contribution < 1.29 is 95.2 Å². The van der Waals surface area contributed by atoms with E-state index in [1.54, 1.807) is 43.5 Å². The zero-order chi connectivity index (χ0) is 89.5. The molecule has 5 aliphatic heterocycles. The van der Waals surface area contributed by atoms with E-state index < -0.39 is 12.0 Å². The van der Waals surface area contributed by atoms with Gasteiger partial charge in [0.2, 0.25) is 17.7 Å². The number of likely N-dealkylation sites (tertiary alicyclic amines) is 1. The molecule has 2 unspecified atom stereocenters. The summed E-state index contributed by atoms with van der Waals surface area (Å²) in [6, 6.07) is 22.1. The molecule has 6 atom stereocenters. The number of benzene rings is 4. The molecule has 5 heterocycles. The van der Waals surface area contributed by atoms with Gasteiger partial charge in [-0.3, -0.25) is 43.3 Å². The number of nitrogens with one attached hydrogen (secondary N) is 3. The molecule has 11 rings (SSSR count). The van der Waals surface area contributed by atoms with Crippen LogP contribution in [-0.4, -0.2) is 246 Å². The van der Waals surface area contributed by atoms with Gasteiger partial charge in [-0.1, -0.05) is 107 Å². The van der Waals surface area contributed by atoms with Crippen molar-refractivity contribution in [3.8, 4) is 23.0 Å². The molecule has 0 radical (unpaired) electrons. The Bertz CT molecular complexity index is 4450. The number of hydrogen-bond donors (Lipinski definition) is 3. The zero-order valence-corrected chi connectivity index (χ0v) is 75.6. The van der Waals surface area contributed by atoms with Crippen molar-refractivity contribution in [3.63, 3.8) is 0 Å². The number of aliphatic imine (C=N–C) groups is 1. The van der Waals surface area contributed by atoms with Crippen LogP contribution < -0.4 is 34.9 Å². The lowest BCUT2D eigenvalue weighted by Gasteiger charge is -2.23. The Morgan fingerprint density at radius 1 is 0.551 bits per heavy atom.